The van der Waals surface area contributed by atoms with Gasteiger partial charge in [0.05, 0.1) is 0 Å². The first-order valence-corrected chi connectivity index (χ1v) is 8.08. The minimum Gasteiger partial charge on any atom is -0.492 e. The van der Waals surface area contributed by atoms with Gasteiger partial charge in [0.15, 0.2) is 0 Å². The molecule has 2 rings (SSSR count). The summed E-state index contributed by atoms with van der Waals surface area (Å²) in [6, 6.07) is 9.32. The van der Waals surface area contributed by atoms with E-state index in [1.54, 1.807) is 0 Å². The van der Waals surface area contributed by atoms with Crippen LogP contribution in [0.5, 0.6) is 5.75 Å². The van der Waals surface area contributed by atoms with E-state index >= 15 is 0 Å². The third-order valence-corrected chi connectivity index (χ3v) is 4.68. The van der Waals surface area contributed by atoms with Gasteiger partial charge in [-0.05, 0) is 42.4 Å². The lowest BCUT2D eigenvalue weighted by Gasteiger charge is -2.23. The van der Waals surface area contributed by atoms with Gasteiger partial charge in [0.25, 0.3) is 0 Å². The summed E-state index contributed by atoms with van der Waals surface area (Å²) in [4.78, 5) is 0. The summed E-state index contributed by atoms with van der Waals surface area (Å²) in [6.07, 6.45) is 6.58. The minimum atomic E-state index is 0.253. The van der Waals surface area contributed by atoms with Gasteiger partial charge in [0.2, 0.25) is 0 Å². The van der Waals surface area contributed by atoms with E-state index in [1.807, 2.05) is 0 Å². The van der Waals surface area contributed by atoms with E-state index in [4.69, 9.17) is 4.74 Å². The minimum absolute atomic E-state index is 0.253. The number of ether oxygens (including phenoxy) is 1. The second-order valence-corrected chi connectivity index (χ2v) is 6.55. The second-order valence-electron chi connectivity index (χ2n) is 6.55. The maximum absolute atomic E-state index is 5.80. The van der Waals surface area contributed by atoms with E-state index < -0.39 is 0 Å². The molecule has 0 unspecified atom stereocenters. The Morgan fingerprint density at radius 2 is 1.80 bits per heavy atom. The fraction of sp³-hybridized carbons (Fsp3) is 0.667. The average Bonchev–Trinajstić information content (AvgIpc) is 2.97. The molecule has 1 saturated carbocycles. The molecule has 0 atom stereocenters. The van der Waals surface area contributed by atoms with Gasteiger partial charge < -0.3 is 10.1 Å². The van der Waals surface area contributed by atoms with Crippen LogP contribution in [-0.4, -0.2) is 19.2 Å². The molecule has 1 aromatic rings. The van der Waals surface area contributed by atoms with Crippen LogP contribution in [0.15, 0.2) is 24.3 Å². The van der Waals surface area contributed by atoms with Crippen molar-refractivity contribution in [2.75, 3.05) is 13.2 Å². The monoisotopic (exact) mass is 275 g/mol. The van der Waals surface area contributed by atoms with Gasteiger partial charge in [-0.1, -0.05) is 45.7 Å². The van der Waals surface area contributed by atoms with Crippen LogP contribution in [0.3, 0.4) is 0 Å². The van der Waals surface area contributed by atoms with Gasteiger partial charge in [-0.2, -0.15) is 0 Å². The summed E-state index contributed by atoms with van der Waals surface area (Å²) in [6.45, 7) is 8.52. The van der Waals surface area contributed by atoms with E-state index in [-0.39, 0.29) is 5.41 Å². The lowest BCUT2D eigenvalue weighted by atomic mass is 9.82. The predicted octanol–water partition coefficient (Wildman–Crippen LogP) is 4.29. The Morgan fingerprint density at radius 1 is 1.15 bits per heavy atom. The zero-order chi connectivity index (χ0) is 14.4. The van der Waals surface area contributed by atoms with E-state index in [2.05, 4.69) is 50.4 Å². The van der Waals surface area contributed by atoms with Gasteiger partial charge in [0.1, 0.15) is 12.4 Å². The quantitative estimate of drug-likeness (QED) is 0.750. The topological polar surface area (TPSA) is 21.3 Å². The molecule has 0 amide bonds. The largest absolute Gasteiger partial charge is 0.492 e. The zero-order valence-corrected chi connectivity index (χ0v) is 13.2. The zero-order valence-electron chi connectivity index (χ0n) is 13.2. The molecule has 112 valence electrons. The van der Waals surface area contributed by atoms with Gasteiger partial charge in [-0.15, -0.1) is 0 Å². The molecule has 1 fully saturated rings. The fourth-order valence-electron chi connectivity index (χ4n) is 2.77. The molecule has 0 saturated heterocycles. The van der Waals surface area contributed by atoms with E-state index in [1.165, 1.54) is 31.2 Å². The van der Waals surface area contributed by atoms with Crippen LogP contribution in [0.1, 0.15) is 58.4 Å². The first-order valence-electron chi connectivity index (χ1n) is 8.08. The standard InChI is InChI=1S/C18H29NO/c1-4-18(2,3)15-9-11-17(12-10-15)20-14-13-19-16-7-5-6-8-16/h9-12,16,19H,4-8,13-14H2,1-3H3. The summed E-state index contributed by atoms with van der Waals surface area (Å²) >= 11 is 0. The highest BCUT2D eigenvalue weighted by atomic mass is 16.5. The van der Waals surface area contributed by atoms with Gasteiger partial charge >= 0.3 is 0 Å². The molecule has 0 radical (unpaired) electrons. The normalized spacial score (nSPS) is 16.6. The van der Waals surface area contributed by atoms with Crippen molar-refractivity contribution in [1.29, 1.82) is 0 Å². The molecule has 0 bridgehead atoms. The average molecular weight is 275 g/mol. The third kappa shape index (κ3) is 4.24. The lowest BCUT2D eigenvalue weighted by molar-refractivity contribution is 0.305. The van der Waals surface area contributed by atoms with Crippen molar-refractivity contribution >= 4 is 0 Å². The molecule has 1 aliphatic carbocycles. The third-order valence-electron chi connectivity index (χ3n) is 4.68. The van der Waals surface area contributed by atoms with Crippen molar-refractivity contribution in [3.05, 3.63) is 29.8 Å². The van der Waals surface area contributed by atoms with Crippen molar-refractivity contribution in [1.82, 2.24) is 5.32 Å². The Balaban J connectivity index is 1.73. The molecule has 0 heterocycles. The number of rotatable bonds is 7. The summed E-state index contributed by atoms with van der Waals surface area (Å²) < 4.78 is 5.80. The molecular weight excluding hydrogens is 246 g/mol. The highest BCUT2D eigenvalue weighted by Gasteiger charge is 2.17. The van der Waals surface area contributed by atoms with Gasteiger partial charge in [0, 0.05) is 12.6 Å². The molecule has 2 heteroatoms. The summed E-state index contributed by atoms with van der Waals surface area (Å²) in [5, 5.41) is 3.57. The number of hydrogen-bond donors (Lipinski definition) is 1. The smallest absolute Gasteiger partial charge is 0.119 e. The van der Waals surface area contributed by atoms with Crippen molar-refractivity contribution in [2.24, 2.45) is 0 Å². The molecule has 1 aliphatic rings. The maximum Gasteiger partial charge on any atom is 0.119 e. The van der Waals surface area contributed by atoms with E-state index in [0.717, 1.165) is 31.4 Å². The van der Waals surface area contributed by atoms with Crippen LogP contribution in [0.4, 0.5) is 0 Å². The second kappa shape index (κ2) is 7.12. The van der Waals surface area contributed by atoms with E-state index in [9.17, 15) is 0 Å². The van der Waals surface area contributed by atoms with Crippen LogP contribution in [-0.2, 0) is 5.41 Å². The van der Waals surface area contributed by atoms with E-state index in [0.29, 0.717) is 0 Å². The molecule has 0 aliphatic heterocycles. The number of nitrogens with one attached hydrogen (secondary N) is 1. The molecule has 1 N–H and O–H groups in total. The van der Waals surface area contributed by atoms with Crippen molar-refractivity contribution in [3.63, 3.8) is 0 Å². The van der Waals surface area contributed by atoms with Crippen LogP contribution in [0, 0.1) is 0 Å². The predicted molar refractivity (Wildman–Crippen MR) is 85.5 cm³/mol. The van der Waals surface area contributed by atoms with Crippen molar-refractivity contribution in [2.45, 2.75) is 64.3 Å². The van der Waals surface area contributed by atoms with Gasteiger partial charge in [-0.3, -0.25) is 0 Å². The first kappa shape index (κ1) is 15.4. The Kier molecular flexibility index (Phi) is 5.47. The van der Waals surface area contributed by atoms with Crippen LogP contribution in [0.25, 0.3) is 0 Å². The highest BCUT2D eigenvalue weighted by molar-refractivity contribution is 5.31. The highest BCUT2D eigenvalue weighted by Crippen LogP contribution is 2.28. The van der Waals surface area contributed by atoms with Crippen LogP contribution >= 0.6 is 0 Å². The number of benzene rings is 1. The molecule has 0 aromatic heterocycles. The lowest BCUT2D eigenvalue weighted by Crippen LogP contribution is -2.30. The van der Waals surface area contributed by atoms with Crippen LogP contribution < -0.4 is 10.1 Å². The Hall–Kier alpha value is -1.02. The number of hydrogen-bond acceptors (Lipinski definition) is 2. The SMILES string of the molecule is CCC(C)(C)c1ccc(OCCNC2CCCC2)cc1. The summed E-state index contributed by atoms with van der Waals surface area (Å²) in [5.41, 5.74) is 1.64. The Bertz CT molecular complexity index is 390. The maximum atomic E-state index is 5.80. The van der Waals surface area contributed by atoms with Crippen molar-refractivity contribution in [3.8, 4) is 5.75 Å². The Morgan fingerprint density at radius 3 is 2.40 bits per heavy atom. The molecule has 1 aromatic carbocycles. The molecule has 20 heavy (non-hydrogen) atoms. The fourth-order valence-corrected chi connectivity index (χ4v) is 2.77. The Labute approximate surface area is 123 Å². The first-order chi connectivity index (χ1) is 9.62. The molecule has 0 spiro atoms. The molecular formula is C18H29NO. The van der Waals surface area contributed by atoms with Crippen LogP contribution in [0.2, 0.25) is 0 Å². The summed E-state index contributed by atoms with van der Waals surface area (Å²) in [7, 11) is 0. The summed E-state index contributed by atoms with van der Waals surface area (Å²) in [5.74, 6) is 0.980. The van der Waals surface area contributed by atoms with Crippen molar-refractivity contribution < 1.29 is 4.74 Å². The molecule has 2 nitrogen and oxygen atoms in total. The van der Waals surface area contributed by atoms with Gasteiger partial charge in [-0.25, -0.2) is 0 Å².